The lowest BCUT2D eigenvalue weighted by Gasteiger charge is -2.34. The SMILES string of the molecule is CC(=O)N1CCN(C(=O)CNC(=O)CCc2ccccc2)CC1. The Morgan fingerprint density at radius 2 is 1.61 bits per heavy atom. The number of rotatable bonds is 5. The molecular weight excluding hydrogens is 294 g/mol. The summed E-state index contributed by atoms with van der Waals surface area (Å²) in [5.41, 5.74) is 1.11. The molecule has 0 radical (unpaired) electrons. The number of benzene rings is 1. The molecule has 6 nitrogen and oxygen atoms in total. The molecule has 0 aliphatic carbocycles. The van der Waals surface area contributed by atoms with Crippen LogP contribution in [0.2, 0.25) is 0 Å². The highest BCUT2D eigenvalue weighted by molar-refractivity contribution is 5.85. The van der Waals surface area contributed by atoms with Crippen LogP contribution >= 0.6 is 0 Å². The Morgan fingerprint density at radius 3 is 2.22 bits per heavy atom. The number of carbonyl (C=O) groups excluding carboxylic acids is 3. The Balaban J connectivity index is 1.66. The standard InChI is InChI=1S/C17H23N3O3/c1-14(21)19-9-11-20(12-10-19)17(23)13-18-16(22)8-7-15-5-3-2-4-6-15/h2-6H,7-13H2,1H3,(H,18,22). The van der Waals surface area contributed by atoms with E-state index < -0.39 is 0 Å². The molecule has 0 atom stereocenters. The van der Waals surface area contributed by atoms with Gasteiger partial charge in [-0.25, -0.2) is 0 Å². The smallest absolute Gasteiger partial charge is 0.242 e. The zero-order valence-electron chi connectivity index (χ0n) is 13.5. The van der Waals surface area contributed by atoms with Crippen molar-refractivity contribution in [1.82, 2.24) is 15.1 Å². The molecule has 124 valence electrons. The molecular formula is C17H23N3O3. The summed E-state index contributed by atoms with van der Waals surface area (Å²) < 4.78 is 0. The maximum Gasteiger partial charge on any atom is 0.242 e. The Hall–Kier alpha value is -2.37. The van der Waals surface area contributed by atoms with E-state index in [4.69, 9.17) is 0 Å². The molecule has 1 heterocycles. The predicted molar refractivity (Wildman–Crippen MR) is 86.6 cm³/mol. The van der Waals surface area contributed by atoms with Crippen LogP contribution in [0.15, 0.2) is 30.3 Å². The first kappa shape index (κ1) is 17.0. The molecule has 1 aliphatic rings. The monoisotopic (exact) mass is 317 g/mol. The van der Waals surface area contributed by atoms with Gasteiger partial charge in [0.2, 0.25) is 17.7 Å². The second kappa shape index (κ2) is 8.31. The minimum Gasteiger partial charge on any atom is -0.347 e. The lowest BCUT2D eigenvalue weighted by molar-refractivity contribution is -0.138. The third-order valence-corrected chi connectivity index (χ3v) is 4.00. The van der Waals surface area contributed by atoms with Crippen molar-refractivity contribution in [3.8, 4) is 0 Å². The van der Waals surface area contributed by atoms with Gasteiger partial charge in [-0.2, -0.15) is 0 Å². The summed E-state index contributed by atoms with van der Waals surface area (Å²) in [5.74, 6) is -0.183. The van der Waals surface area contributed by atoms with E-state index in [1.165, 1.54) is 6.92 Å². The topological polar surface area (TPSA) is 69.7 Å². The van der Waals surface area contributed by atoms with Crippen molar-refractivity contribution in [3.05, 3.63) is 35.9 Å². The Kier molecular flexibility index (Phi) is 6.14. The summed E-state index contributed by atoms with van der Waals surface area (Å²) in [6.07, 6.45) is 1.04. The lowest BCUT2D eigenvalue weighted by atomic mass is 10.1. The minimum absolute atomic E-state index is 0.0215. The number of nitrogens with zero attached hydrogens (tertiary/aromatic N) is 2. The maximum absolute atomic E-state index is 12.1. The van der Waals surface area contributed by atoms with Crippen molar-refractivity contribution in [3.63, 3.8) is 0 Å². The number of hydrogen-bond donors (Lipinski definition) is 1. The lowest BCUT2D eigenvalue weighted by Crippen LogP contribution is -2.52. The summed E-state index contributed by atoms with van der Waals surface area (Å²) in [6, 6.07) is 9.78. The average Bonchev–Trinajstić information content (AvgIpc) is 2.58. The molecule has 6 heteroatoms. The molecule has 1 aromatic carbocycles. The Labute approximate surface area is 136 Å². The second-order valence-corrected chi connectivity index (χ2v) is 5.65. The van der Waals surface area contributed by atoms with Crippen molar-refractivity contribution in [2.45, 2.75) is 19.8 Å². The number of aryl methyl sites for hydroxylation is 1. The normalized spacial score (nSPS) is 14.5. The van der Waals surface area contributed by atoms with Gasteiger partial charge in [-0.3, -0.25) is 14.4 Å². The van der Waals surface area contributed by atoms with Gasteiger partial charge < -0.3 is 15.1 Å². The zero-order chi connectivity index (χ0) is 16.7. The Bertz CT molecular complexity index is 551. The molecule has 23 heavy (non-hydrogen) atoms. The molecule has 1 aromatic rings. The number of nitrogens with one attached hydrogen (secondary N) is 1. The highest BCUT2D eigenvalue weighted by Crippen LogP contribution is 2.03. The largest absolute Gasteiger partial charge is 0.347 e. The molecule has 0 spiro atoms. The van der Waals surface area contributed by atoms with Gasteiger partial charge in [-0.15, -0.1) is 0 Å². The third kappa shape index (κ3) is 5.39. The fourth-order valence-electron chi connectivity index (χ4n) is 2.55. The van der Waals surface area contributed by atoms with Gasteiger partial charge in [0.1, 0.15) is 0 Å². The van der Waals surface area contributed by atoms with E-state index >= 15 is 0 Å². The second-order valence-electron chi connectivity index (χ2n) is 5.65. The summed E-state index contributed by atoms with van der Waals surface area (Å²) in [6.45, 7) is 3.72. The molecule has 1 aliphatic heterocycles. The number of carbonyl (C=O) groups is 3. The quantitative estimate of drug-likeness (QED) is 0.856. The highest BCUT2D eigenvalue weighted by Gasteiger charge is 2.22. The van der Waals surface area contributed by atoms with E-state index in [1.807, 2.05) is 30.3 Å². The van der Waals surface area contributed by atoms with Crippen LogP contribution in [0.1, 0.15) is 18.9 Å². The fourth-order valence-corrected chi connectivity index (χ4v) is 2.55. The third-order valence-electron chi connectivity index (χ3n) is 4.00. The zero-order valence-corrected chi connectivity index (χ0v) is 13.5. The molecule has 3 amide bonds. The van der Waals surface area contributed by atoms with Gasteiger partial charge in [0, 0.05) is 39.5 Å². The highest BCUT2D eigenvalue weighted by atomic mass is 16.2. The number of hydrogen-bond acceptors (Lipinski definition) is 3. The first-order chi connectivity index (χ1) is 11.1. The maximum atomic E-state index is 12.1. The molecule has 0 unspecified atom stereocenters. The molecule has 0 bridgehead atoms. The minimum atomic E-state index is -0.121. The Morgan fingerprint density at radius 1 is 1.00 bits per heavy atom. The number of amides is 3. The predicted octanol–water partition coefficient (Wildman–Crippen LogP) is 0.426. The van der Waals surface area contributed by atoms with Crippen molar-refractivity contribution >= 4 is 17.7 Å². The van der Waals surface area contributed by atoms with Gasteiger partial charge in [0.05, 0.1) is 6.54 Å². The number of piperazine rings is 1. The van der Waals surface area contributed by atoms with Gasteiger partial charge in [0.25, 0.3) is 0 Å². The fraction of sp³-hybridized carbons (Fsp3) is 0.471. The van der Waals surface area contributed by atoms with Crippen LogP contribution in [0.5, 0.6) is 0 Å². The van der Waals surface area contributed by atoms with Gasteiger partial charge >= 0.3 is 0 Å². The van der Waals surface area contributed by atoms with E-state index in [0.29, 0.717) is 39.0 Å². The van der Waals surface area contributed by atoms with Gasteiger partial charge in [0.15, 0.2) is 0 Å². The van der Waals surface area contributed by atoms with E-state index in [0.717, 1.165) is 5.56 Å². The van der Waals surface area contributed by atoms with Crippen LogP contribution in [0.3, 0.4) is 0 Å². The molecule has 1 fully saturated rings. The van der Waals surface area contributed by atoms with Crippen LogP contribution in [0.25, 0.3) is 0 Å². The van der Waals surface area contributed by atoms with Crippen molar-refractivity contribution in [1.29, 1.82) is 0 Å². The van der Waals surface area contributed by atoms with Crippen molar-refractivity contribution < 1.29 is 14.4 Å². The summed E-state index contributed by atoms with van der Waals surface area (Å²) in [4.78, 5) is 38.5. The van der Waals surface area contributed by atoms with Crippen LogP contribution in [-0.2, 0) is 20.8 Å². The molecule has 2 rings (SSSR count). The molecule has 0 saturated carbocycles. The van der Waals surface area contributed by atoms with Crippen LogP contribution in [0.4, 0.5) is 0 Å². The van der Waals surface area contributed by atoms with Crippen LogP contribution < -0.4 is 5.32 Å². The van der Waals surface area contributed by atoms with E-state index in [9.17, 15) is 14.4 Å². The molecule has 1 N–H and O–H groups in total. The summed E-state index contributed by atoms with van der Waals surface area (Å²) >= 11 is 0. The molecule has 1 saturated heterocycles. The summed E-state index contributed by atoms with van der Waals surface area (Å²) in [7, 11) is 0. The van der Waals surface area contributed by atoms with Crippen LogP contribution in [0, 0.1) is 0 Å². The van der Waals surface area contributed by atoms with Gasteiger partial charge in [-0.1, -0.05) is 30.3 Å². The van der Waals surface area contributed by atoms with E-state index in [2.05, 4.69) is 5.32 Å². The first-order valence-electron chi connectivity index (χ1n) is 7.90. The first-order valence-corrected chi connectivity index (χ1v) is 7.90. The van der Waals surface area contributed by atoms with E-state index in [-0.39, 0.29) is 24.3 Å². The molecule has 0 aromatic heterocycles. The van der Waals surface area contributed by atoms with E-state index in [1.54, 1.807) is 9.80 Å². The summed E-state index contributed by atoms with van der Waals surface area (Å²) in [5, 5.41) is 2.67. The van der Waals surface area contributed by atoms with Crippen LogP contribution in [-0.4, -0.2) is 60.2 Å². The average molecular weight is 317 g/mol. The van der Waals surface area contributed by atoms with Crippen molar-refractivity contribution in [2.24, 2.45) is 0 Å². The van der Waals surface area contributed by atoms with Gasteiger partial charge in [-0.05, 0) is 12.0 Å². The van der Waals surface area contributed by atoms with Crippen molar-refractivity contribution in [2.75, 3.05) is 32.7 Å².